The number of fused-ring (bicyclic) bond motifs is 3. The topological polar surface area (TPSA) is 105 Å². The van der Waals surface area contributed by atoms with Gasteiger partial charge in [0.15, 0.2) is 0 Å². The molecule has 0 heterocycles. The van der Waals surface area contributed by atoms with Gasteiger partial charge in [-0.1, -0.05) is 60.7 Å². The van der Waals surface area contributed by atoms with Crippen LogP contribution in [-0.2, 0) is 14.3 Å². The van der Waals surface area contributed by atoms with Crippen LogP contribution in [0.3, 0.4) is 0 Å². The number of alkyl carbamates (subject to hydrolysis) is 1. The molecule has 9 heteroatoms. The fraction of sp³-hybridized carbons (Fsp3) is 0.222. The molecule has 3 N–H and O–H groups in total. The van der Waals surface area contributed by atoms with Gasteiger partial charge in [-0.15, -0.1) is 0 Å². The van der Waals surface area contributed by atoms with Gasteiger partial charge in [0.05, 0.1) is 5.69 Å². The van der Waals surface area contributed by atoms with Crippen LogP contribution in [0.2, 0.25) is 0 Å². The lowest BCUT2D eigenvalue weighted by Gasteiger charge is -2.17. The van der Waals surface area contributed by atoms with Crippen molar-refractivity contribution < 1.29 is 28.6 Å². The molecule has 0 bridgehead atoms. The number of para-hydroxylation sites is 1. The average Bonchev–Trinajstić information content (AvgIpc) is 3.19. The summed E-state index contributed by atoms with van der Waals surface area (Å²) in [5.41, 5.74) is 4.41. The van der Waals surface area contributed by atoms with E-state index in [0.717, 1.165) is 22.3 Å². The van der Waals surface area contributed by atoms with Crippen molar-refractivity contribution in [1.82, 2.24) is 5.32 Å². The number of carbonyl (C=O) groups is 3. The smallest absolute Gasteiger partial charge is 0.407 e. The predicted octanol–water partition coefficient (Wildman–Crippen LogP) is 4.88. The number of carbonyl (C=O) groups excluding carboxylic acids is 2. The third-order valence-electron chi connectivity index (χ3n) is 5.84. The predicted molar refractivity (Wildman–Crippen MR) is 137 cm³/mol. The van der Waals surface area contributed by atoms with Crippen LogP contribution in [0.5, 0.6) is 0 Å². The van der Waals surface area contributed by atoms with Crippen molar-refractivity contribution in [2.75, 3.05) is 23.4 Å². The molecular formula is C27H25FN2O5S. The second kappa shape index (κ2) is 11.7. The third kappa shape index (κ3) is 6.04. The molecule has 7 nitrogen and oxygen atoms in total. The first kappa shape index (κ1) is 25.2. The summed E-state index contributed by atoms with van der Waals surface area (Å²) >= 11 is 1.19. The number of benzene rings is 3. The van der Waals surface area contributed by atoms with Crippen LogP contribution in [-0.4, -0.2) is 47.2 Å². The van der Waals surface area contributed by atoms with Gasteiger partial charge in [-0.05, 0) is 34.4 Å². The van der Waals surface area contributed by atoms with Gasteiger partial charge in [-0.25, -0.2) is 14.0 Å². The minimum Gasteiger partial charge on any atom is -0.480 e. The number of thioether (sulfide) groups is 1. The maximum atomic E-state index is 13.6. The zero-order valence-electron chi connectivity index (χ0n) is 19.3. The van der Waals surface area contributed by atoms with Crippen molar-refractivity contribution >= 4 is 35.4 Å². The molecule has 0 fully saturated rings. The molecule has 0 saturated carbocycles. The highest BCUT2D eigenvalue weighted by Crippen LogP contribution is 2.44. The van der Waals surface area contributed by atoms with Crippen LogP contribution in [0.15, 0.2) is 72.8 Å². The number of anilines is 1. The van der Waals surface area contributed by atoms with Crippen molar-refractivity contribution in [3.8, 4) is 11.1 Å². The summed E-state index contributed by atoms with van der Waals surface area (Å²) in [6.07, 6.45) is -0.752. The molecule has 3 aromatic rings. The zero-order chi connectivity index (χ0) is 25.5. The first-order valence-corrected chi connectivity index (χ1v) is 12.6. The van der Waals surface area contributed by atoms with Gasteiger partial charge in [0.1, 0.15) is 18.5 Å². The van der Waals surface area contributed by atoms with Gasteiger partial charge < -0.3 is 20.5 Å². The zero-order valence-corrected chi connectivity index (χ0v) is 20.1. The van der Waals surface area contributed by atoms with Crippen LogP contribution in [0, 0.1) is 5.82 Å². The van der Waals surface area contributed by atoms with Crippen LogP contribution in [0.1, 0.15) is 23.5 Å². The van der Waals surface area contributed by atoms with E-state index in [9.17, 15) is 23.9 Å². The lowest BCUT2D eigenvalue weighted by Crippen LogP contribution is -2.43. The second-order valence-electron chi connectivity index (χ2n) is 8.21. The summed E-state index contributed by atoms with van der Waals surface area (Å²) in [5, 5.41) is 14.4. The van der Waals surface area contributed by atoms with Gasteiger partial charge in [-0.2, -0.15) is 11.8 Å². The number of hydrogen-bond donors (Lipinski definition) is 3. The van der Waals surface area contributed by atoms with Gasteiger partial charge >= 0.3 is 12.1 Å². The summed E-state index contributed by atoms with van der Waals surface area (Å²) in [6.45, 7) is 0.0789. The lowest BCUT2D eigenvalue weighted by atomic mass is 9.98. The molecule has 1 unspecified atom stereocenters. The normalized spacial score (nSPS) is 12.8. The number of carboxylic acid groups (broad SMARTS) is 1. The van der Waals surface area contributed by atoms with Crippen molar-refractivity contribution in [2.45, 2.75) is 18.4 Å². The average molecular weight is 509 g/mol. The number of amides is 2. The minimum absolute atomic E-state index is 0.0481. The number of hydrogen-bond acceptors (Lipinski definition) is 5. The quantitative estimate of drug-likeness (QED) is 0.337. The summed E-state index contributed by atoms with van der Waals surface area (Å²) in [5.74, 6) is -1.90. The van der Waals surface area contributed by atoms with E-state index in [1.165, 1.54) is 30.0 Å². The number of halogens is 1. The molecule has 0 saturated heterocycles. The Labute approximate surface area is 212 Å². The van der Waals surface area contributed by atoms with Crippen LogP contribution in [0.25, 0.3) is 11.1 Å². The van der Waals surface area contributed by atoms with Crippen molar-refractivity contribution in [2.24, 2.45) is 0 Å². The Morgan fingerprint density at radius 3 is 2.19 bits per heavy atom. The highest BCUT2D eigenvalue weighted by atomic mass is 32.2. The van der Waals surface area contributed by atoms with E-state index in [2.05, 4.69) is 10.6 Å². The number of carboxylic acids is 1. The van der Waals surface area contributed by atoms with Crippen LogP contribution >= 0.6 is 11.8 Å². The molecule has 1 aliphatic rings. The van der Waals surface area contributed by atoms with Crippen molar-refractivity contribution in [3.63, 3.8) is 0 Å². The fourth-order valence-electron chi connectivity index (χ4n) is 4.10. The summed E-state index contributed by atoms with van der Waals surface area (Å²) in [4.78, 5) is 36.0. The first-order valence-electron chi connectivity index (χ1n) is 11.4. The monoisotopic (exact) mass is 508 g/mol. The van der Waals surface area contributed by atoms with Crippen molar-refractivity contribution in [3.05, 3.63) is 89.7 Å². The largest absolute Gasteiger partial charge is 0.480 e. The molecule has 0 aromatic heterocycles. The molecule has 2 amide bonds. The van der Waals surface area contributed by atoms with E-state index in [-0.39, 0.29) is 36.3 Å². The van der Waals surface area contributed by atoms with E-state index in [0.29, 0.717) is 5.75 Å². The second-order valence-corrected chi connectivity index (χ2v) is 9.36. The Bertz CT molecular complexity index is 1220. The van der Waals surface area contributed by atoms with Gasteiger partial charge in [-0.3, -0.25) is 4.79 Å². The Morgan fingerprint density at radius 1 is 0.944 bits per heavy atom. The number of rotatable bonds is 10. The molecule has 1 atom stereocenters. The number of nitrogens with one attached hydrogen (secondary N) is 2. The summed E-state index contributed by atoms with van der Waals surface area (Å²) in [7, 11) is 0. The molecule has 3 aromatic carbocycles. The van der Waals surface area contributed by atoms with E-state index in [1.807, 2.05) is 48.5 Å². The van der Waals surface area contributed by atoms with Gasteiger partial charge in [0.25, 0.3) is 0 Å². The van der Waals surface area contributed by atoms with Crippen LogP contribution in [0.4, 0.5) is 14.9 Å². The summed E-state index contributed by atoms with van der Waals surface area (Å²) < 4.78 is 19.0. The number of ether oxygens (including phenoxy) is 1. The first-order chi connectivity index (χ1) is 17.4. The molecule has 0 radical (unpaired) electrons. The highest BCUT2D eigenvalue weighted by molar-refractivity contribution is 7.99. The summed E-state index contributed by atoms with van der Waals surface area (Å²) in [6, 6.07) is 20.5. The van der Waals surface area contributed by atoms with E-state index in [1.54, 1.807) is 6.07 Å². The molecule has 0 spiro atoms. The Morgan fingerprint density at radius 2 is 1.56 bits per heavy atom. The SMILES string of the molecule is O=C(CCSCC(NC(=O)OCC1c2ccccc2-c2ccccc21)C(=O)O)Nc1ccccc1F. The van der Waals surface area contributed by atoms with Crippen LogP contribution < -0.4 is 10.6 Å². The molecule has 1 aliphatic carbocycles. The Hall–Kier alpha value is -3.85. The third-order valence-corrected chi connectivity index (χ3v) is 6.90. The van der Waals surface area contributed by atoms with E-state index >= 15 is 0 Å². The molecule has 36 heavy (non-hydrogen) atoms. The number of aliphatic carboxylic acids is 1. The standard InChI is InChI=1S/C27H25FN2O5S/c28-22-11-5-6-12-23(22)29-25(31)13-14-36-16-24(26(32)33)30-27(34)35-15-21-19-9-3-1-7-17(19)18-8-2-4-10-20(18)21/h1-12,21,24H,13-16H2,(H,29,31)(H,30,34)(H,32,33). The van der Waals surface area contributed by atoms with Crippen molar-refractivity contribution in [1.29, 1.82) is 0 Å². The molecular weight excluding hydrogens is 483 g/mol. The highest BCUT2D eigenvalue weighted by Gasteiger charge is 2.29. The fourth-order valence-corrected chi connectivity index (χ4v) is 5.06. The molecule has 4 rings (SSSR count). The minimum atomic E-state index is -1.20. The Balaban J connectivity index is 1.24. The van der Waals surface area contributed by atoms with E-state index < -0.39 is 23.9 Å². The maximum Gasteiger partial charge on any atom is 0.407 e. The molecule has 186 valence electrons. The lowest BCUT2D eigenvalue weighted by molar-refractivity contribution is -0.138. The van der Waals surface area contributed by atoms with Gasteiger partial charge in [0.2, 0.25) is 5.91 Å². The van der Waals surface area contributed by atoms with E-state index in [4.69, 9.17) is 4.74 Å². The Kier molecular flexibility index (Phi) is 8.22. The molecule has 0 aliphatic heterocycles. The maximum absolute atomic E-state index is 13.6. The van der Waals surface area contributed by atoms with Gasteiger partial charge in [0, 0.05) is 23.8 Å².